The lowest BCUT2D eigenvalue weighted by molar-refractivity contribution is 0.0463. The third kappa shape index (κ3) is 2.63. The molecule has 5 nitrogen and oxygen atoms in total. The number of nitrogens with one attached hydrogen (secondary N) is 2. The Kier molecular flexibility index (Phi) is 3.88. The Labute approximate surface area is 141 Å². The second-order valence-corrected chi connectivity index (χ2v) is 7.12. The molecule has 2 aromatic rings. The van der Waals surface area contributed by atoms with Gasteiger partial charge in [0, 0.05) is 35.2 Å². The Bertz CT molecular complexity index is 815. The van der Waals surface area contributed by atoms with Gasteiger partial charge in [0.15, 0.2) is 0 Å². The largest absolute Gasteiger partial charge is 0.360 e. The van der Waals surface area contributed by atoms with Crippen molar-refractivity contribution in [1.29, 1.82) is 0 Å². The molecule has 2 aliphatic heterocycles. The van der Waals surface area contributed by atoms with Crippen LogP contribution in [0.3, 0.4) is 0 Å². The fraction of sp³-hybridized carbons (Fsp3) is 0.474. The summed E-state index contributed by atoms with van der Waals surface area (Å²) in [5.74, 6) is -0.255. The van der Waals surface area contributed by atoms with Gasteiger partial charge in [-0.25, -0.2) is 0 Å². The predicted molar refractivity (Wildman–Crippen MR) is 94.2 cm³/mol. The van der Waals surface area contributed by atoms with Crippen LogP contribution in [-0.2, 0) is 0 Å². The minimum absolute atomic E-state index is 0.162. The van der Waals surface area contributed by atoms with E-state index in [1.165, 1.54) is 25.5 Å². The van der Waals surface area contributed by atoms with E-state index in [0.717, 1.165) is 18.4 Å². The highest BCUT2D eigenvalue weighted by molar-refractivity contribution is 5.97. The normalized spacial score (nSPS) is 27.1. The molecule has 0 radical (unpaired) electrons. The van der Waals surface area contributed by atoms with E-state index in [1.807, 2.05) is 18.2 Å². The summed E-state index contributed by atoms with van der Waals surface area (Å²) in [5.41, 5.74) is 0.764. The number of aromatic amines is 1. The average Bonchev–Trinajstić information content (AvgIpc) is 2.56. The van der Waals surface area contributed by atoms with Crippen molar-refractivity contribution in [2.24, 2.45) is 0 Å². The van der Waals surface area contributed by atoms with Crippen molar-refractivity contribution in [1.82, 2.24) is 15.2 Å². The van der Waals surface area contributed by atoms with Gasteiger partial charge in [-0.2, -0.15) is 0 Å². The highest BCUT2D eigenvalue weighted by Crippen LogP contribution is 2.32. The van der Waals surface area contributed by atoms with Crippen molar-refractivity contribution >= 4 is 16.8 Å². The third-order valence-corrected chi connectivity index (χ3v) is 5.71. The average molecular weight is 325 g/mol. The summed E-state index contributed by atoms with van der Waals surface area (Å²) in [6.07, 6.45) is 7.18. The van der Waals surface area contributed by atoms with Crippen LogP contribution in [0.4, 0.5) is 0 Å². The van der Waals surface area contributed by atoms with Crippen molar-refractivity contribution in [3.8, 4) is 0 Å². The molecule has 4 rings (SSSR count). The number of aromatic nitrogens is 1. The van der Waals surface area contributed by atoms with Gasteiger partial charge >= 0.3 is 0 Å². The van der Waals surface area contributed by atoms with E-state index in [2.05, 4.69) is 22.2 Å². The first-order valence-electron chi connectivity index (χ1n) is 8.76. The number of piperidine rings is 2. The fourth-order valence-electron chi connectivity index (χ4n) is 4.33. The first-order valence-corrected chi connectivity index (χ1v) is 8.76. The van der Waals surface area contributed by atoms with E-state index < -0.39 is 0 Å². The first-order chi connectivity index (χ1) is 11.6. The van der Waals surface area contributed by atoms with Gasteiger partial charge in [-0.3, -0.25) is 9.59 Å². The van der Waals surface area contributed by atoms with Crippen LogP contribution in [0.5, 0.6) is 0 Å². The SMILES string of the molecule is CN1[C@@H]2CCC[C@H]1CC(NC(=O)c1c[nH]c3ccccc3c1=O)C2. The molecule has 3 heterocycles. The van der Waals surface area contributed by atoms with Crippen molar-refractivity contribution in [3.63, 3.8) is 0 Å². The molecule has 2 aliphatic rings. The Morgan fingerprint density at radius 1 is 1.21 bits per heavy atom. The maximum atomic E-state index is 12.6. The molecule has 5 heteroatoms. The number of hydrogen-bond acceptors (Lipinski definition) is 3. The van der Waals surface area contributed by atoms with E-state index in [9.17, 15) is 9.59 Å². The van der Waals surface area contributed by atoms with E-state index in [0.29, 0.717) is 17.5 Å². The highest BCUT2D eigenvalue weighted by atomic mass is 16.2. The third-order valence-electron chi connectivity index (χ3n) is 5.71. The summed E-state index contributed by atoms with van der Waals surface area (Å²) in [4.78, 5) is 30.7. The smallest absolute Gasteiger partial charge is 0.256 e. The van der Waals surface area contributed by atoms with Crippen molar-refractivity contribution in [2.45, 2.75) is 50.2 Å². The van der Waals surface area contributed by atoms with Crippen LogP contribution in [0, 0.1) is 0 Å². The summed E-state index contributed by atoms with van der Waals surface area (Å²) in [6, 6.07) is 8.55. The van der Waals surface area contributed by atoms with Crippen LogP contribution < -0.4 is 10.7 Å². The summed E-state index contributed by atoms with van der Waals surface area (Å²) in [5, 5.41) is 3.66. The van der Waals surface area contributed by atoms with E-state index in [4.69, 9.17) is 0 Å². The molecule has 1 aromatic carbocycles. The number of benzene rings is 1. The number of rotatable bonds is 2. The van der Waals surface area contributed by atoms with Gasteiger partial charge in [0.25, 0.3) is 5.91 Å². The van der Waals surface area contributed by atoms with E-state index in [-0.39, 0.29) is 22.9 Å². The zero-order chi connectivity index (χ0) is 16.7. The van der Waals surface area contributed by atoms with Gasteiger partial charge in [-0.1, -0.05) is 18.6 Å². The zero-order valence-electron chi connectivity index (χ0n) is 13.9. The van der Waals surface area contributed by atoms with Crippen LogP contribution in [0.15, 0.2) is 35.3 Å². The molecule has 2 bridgehead atoms. The summed E-state index contributed by atoms with van der Waals surface area (Å²) < 4.78 is 0. The van der Waals surface area contributed by atoms with E-state index in [1.54, 1.807) is 6.07 Å². The van der Waals surface area contributed by atoms with E-state index >= 15 is 0 Å². The minimum Gasteiger partial charge on any atom is -0.360 e. The van der Waals surface area contributed by atoms with Crippen LogP contribution in [0.1, 0.15) is 42.5 Å². The maximum Gasteiger partial charge on any atom is 0.256 e. The standard InChI is InChI=1S/C19H23N3O2/c1-22-13-5-4-6-14(22)10-12(9-13)21-19(24)16-11-20-17-8-3-2-7-15(17)18(16)23/h2-3,7-8,11-14H,4-6,9-10H2,1H3,(H,20,23)(H,21,24)/t12?,13-,14+. The molecule has 0 spiro atoms. The topological polar surface area (TPSA) is 65.2 Å². The molecule has 1 aromatic heterocycles. The fourth-order valence-corrected chi connectivity index (χ4v) is 4.33. The highest BCUT2D eigenvalue weighted by Gasteiger charge is 2.36. The van der Waals surface area contributed by atoms with Gasteiger partial charge < -0.3 is 15.2 Å². The second kappa shape index (κ2) is 6.06. The van der Waals surface area contributed by atoms with Gasteiger partial charge in [-0.15, -0.1) is 0 Å². The minimum atomic E-state index is -0.255. The van der Waals surface area contributed by atoms with Crippen LogP contribution in [0.25, 0.3) is 10.9 Å². The van der Waals surface area contributed by atoms with Gasteiger partial charge in [-0.05, 0) is 44.9 Å². The molecule has 2 N–H and O–H groups in total. The molecule has 0 saturated carbocycles. The summed E-state index contributed by atoms with van der Waals surface area (Å²) >= 11 is 0. The number of amides is 1. The number of nitrogens with zero attached hydrogens (tertiary/aromatic N) is 1. The lowest BCUT2D eigenvalue weighted by Crippen LogP contribution is -2.55. The first kappa shape index (κ1) is 15.4. The molecule has 0 aliphatic carbocycles. The zero-order valence-corrected chi connectivity index (χ0v) is 13.9. The Morgan fingerprint density at radius 2 is 1.92 bits per heavy atom. The Hall–Kier alpha value is -2.14. The monoisotopic (exact) mass is 325 g/mol. The molecule has 126 valence electrons. The number of H-pyrrole nitrogens is 1. The van der Waals surface area contributed by atoms with Crippen molar-refractivity contribution in [3.05, 3.63) is 46.2 Å². The number of pyridine rings is 1. The number of hydrogen-bond donors (Lipinski definition) is 2. The Balaban J connectivity index is 1.55. The summed E-state index contributed by atoms with van der Waals surface area (Å²) in [7, 11) is 2.20. The lowest BCUT2D eigenvalue weighted by Gasteiger charge is -2.47. The van der Waals surface area contributed by atoms with Crippen LogP contribution in [-0.4, -0.2) is 41.0 Å². The predicted octanol–water partition coefficient (Wildman–Crippen LogP) is 2.27. The maximum absolute atomic E-state index is 12.6. The lowest BCUT2D eigenvalue weighted by atomic mass is 9.82. The van der Waals surface area contributed by atoms with Gasteiger partial charge in [0.1, 0.15) is 5.56 Å². The van der Waals surface area contributed by atoms with Gasteiger partial charge in [0.2, 0.25) is 5.43 Å². The van der Waals surface area contributed by atoms with Crippen LogP contribution in [0.2, 0.25) is 0 Å². The Morgan fingerprint density at radius 3 is 2.67 bits per heavy atom. The molecule has 2 fully saturated rings. The molecule has 2 saturated heterocycles. The molecule has 1 amide bonds. The molecular formula is C19H23N3O2. The molecular weight excluding hydrogens is 302 g/mol. The van der Waals surface area contributed by atoms with Gasteiger partial charge in [0.05, 0.1) is 0 Å². The van der Waals surface area contributed by atoms with Crippen molar-refractivity contribution < 1.29 is 4.79 Å². The molecule has 1 unspecified atom stereocenters. The van der Waals surface area contributed by atoms with Crippen LogP contribution >= 0.6 is 0 Å². The number of carbonyl (C=O) groups is 1. The molecule has 3 atom stereocenters. The quantitative estimate of drug-likeness (QED) is 0.890. The summed E-state index contributed by atoms with van der Waals surface area (Å²) in [6.45, 7) is 0. The van der Waals surface area contributed by atoms with Crippen molar-refractivity contribution in [2.75, 3.05) is 7.05 Å². The number of para-hydroxylation sites is 1. The molecule has 24 heavy (non-hydrogen) atoms. The number of carbonyl (C=O) groups excluding carboxylic acids is 1. The second-order valence-electron chi connectivity index (χ2n) is 7.12. The number of fused-ring (bicyclic) bond motifs is 3.